The average Bonchev–Trinajstić information content (AvgIpc) is 2.43. The van der Waals surface area contributed by atoms with E-state index >= 15 is 0 Å². The van der Waals surface area contributed by atoms with Gasteiger partial charge in [-0.1, -0.05) is 12.1 Å². The van der Waals surface area contributed by atoms with E-state index < -0.39 is 11.1 Å². The van der Waals surface area contributed by atoms with Gasteiger partial charge < -0.3 is 10.8 Å². The van der Waals surface area contributed by atoms with Crippen molar-refractivity contribution in [1.29, 1.82) is 0 Å². The minimum atomic E-state index is -0.933. The zero-order valence-corrected chi connectivity index (χ0v) is 18.2. The van der Waals surface area contributed by atoms with Crippen molar-refractivity contribution in [3.8, 4) is 11.1 Å². The van der Waals surface area contributed by atoms with Crippen LogP contribution in [0.1, 0.15) is 72.2 Å². The summed E-state index contributed by atoms with van der Waals surface area (Å²) in [7, 11) is 0. The molecule has 0 unspecified atom stereocenters. The molecule has 0 spiro atoms. The van der Waals surface area contributed by atoms with Crippen molar-refractivity contribution in [2.45, 2.75) is 80.4 Å². The highest BCUT2D eigenvalue weighted by atomic mass is 16.3. The Kier molecular flexibility index (Phi) is 5.17. The number of hydrogen-bond donors (Lipinski definition) is 2. The van der Waals surface area contributed by atoms with E-state index in [1.165, 1.54) is 38.9 Å². The summed E-state index contributed by atoms with van der Waals surface area (Å²) in [6, 6.07) is 4.40. The molecular formula is C24H35NO. The molecule has 0 aliphatic carbocycles. The van der Waals surface area contributed by atoms with Crippen LogP contribution in [0.4, 0.5) is 0 Å². The summed E-state index contributed by atoms with van der Waals surface area (Å²) >= 11 is 0. The molecule has 2 aromatic rings. The molecule has 3 N–H and O–H groups in total. The van der Waals surface area contributed by atoms with Crippen LogP contribution in [0.5, 0.6) is 0 Å². The first-order chi connectivity index (χ1) is 11.7. The molecule has 2 heteroatoms. The normalized spacial score (nSPS) is 12.6. The number of aliphatic hydroxyl groups is 1. The Balaban J connectivity index is 3.17. The third kappa shape index (κ3) is 3.45. The van der Waals surface area contributed by atoms with Crippen molar-refractivity contribution in [2.75, 3.05) is 0 Å². The van der Waals surface area contributed by atoms with Crippen LogP contribution in [-0.2, 0) is 11.1 Å². The SMILES string of the molecule is Cc1cc(C)c(C(C)(C)N)c(-c2c(C)c(C)cc(C)c2C(C)(C)O)c1C. The molecule has 0 atom stereocenters. The maximum Gasteiger partial charge on any atom is 0.0849 e. The largest absolute Gasteiger partial charge is 0.386 e. The second-order valence-electron chi connectivity index (χ2n) is 9.05. The maximum absolute atomic E-state index is 11.0. The Morgan fingerprint density at radius 2 is 1.00 bits per heavy atom. The van der Waals surface area contributed by atoms with Gasteiger partial charge in [-0.2, -0.15) is 0 Å². The van der Waals surface area contributed by atoms with E-state index in [1.54, 1.807) is 0 Å². The Morgan fingerprint density at radius 1 is 0.654 bits per heavy atom. The fourth-order valence-corrected chi connectivity index (χ4v) is 4.42. The summed E-state index contributed by atoms with van der Waals surface area (Å²) in [6.07, 6.45) is 0. The first-order valence-electron chi connectivity index (χ1n) is 9.42. The van der Waals surface area contributed by atoms with Crippen LogP contribution in [0.25, 0.3) is 11.1 Å². The average molecular weight is 354 g/mol. The molecule has 2 rings (SSSR count). The van der Waals surface area contributed by atoms with Crippen LogP contribution in [0.15, 0.2) is 12.1 Å². The molecular weight excluding hydrogens is 318 g/mol. The Morgan fingerprint density at radius 3 is 1.35 bits per heavy atom. The molecule has 0 saturated carbocycles. The van der Waals surface area contributed by atoms with Gasteiger partial charge in [-0.15, -0.1) is 0 Å². The number of nitrogens with two attached hydrogens (primary N) is 1. The summed E-state index contributed by atoms with van der Waals surface area (Å²) < 4.78 is 0. The highest BCUT2D eigenvalue weighted by molar-refractivity contribution is 5.82. The Labute approximate surface area is 159 Å². The predicted octanol–water partition coefficient (Wildman–Crippen LogP) is 5.63. The maximum atomic E-state index is 11.0. The number of aryl methyl sites for hydroxylation is 4. The van der Waals surface area contributed by atoms with E-state index in [4.69, 9.17) is 5.73 Å². The van der Waals surface area contributed by atoms with E-state index in [9.17, 15) is 5.11 Å². The third-order valence-electron chi connectivity index (χ3n) is 5.59. The van der Waals surface area contributed by atoms with E-state index in [-0.39, 0.29) is 0 Å². The molecule has 2 nitrogen and oxygen atoms in total. The monoisotopic (exact) mass is 353 g/mol. The van der Waals surface area contributed by atoms with Gasteiger partial charge in [-0.25, -0.2) is 0 Å². The highest BCUT2D eigenvalue weighted by Crippen LogP contribution is 2.44. The summed E-state index contributed by atoms with van der Waals surface area (Å²) in [5.74, 6) is 0. The van der Waals surface area contributed by atoms with Crippen molar-refractivity contribution in [2.24, 2.45) is 5.73 Å². The summed E-state index contributed by atoms with van der Waals surface area (Å²) in [4.78, 5) is 0. The molecule has 0 aromatic heterocycles. The highest BCUT2D eigenvalue weighted by Gasteiger charge is 2.31. The molecule has 142 valence electrons. The van der Waals surface area contributed by atoms with Crippen molar-refractivity contribution in [3.63, 3.8) is 0 Å². The summed E-state index contributed by atoms with van der Waals surface area (Å²) in [5, 5.41) is 11.0. The summed E-state index contributed by atoms with van der Waals surface area (Å²) in [5.41, 5.74) is 17.0. The first kappa shape index (κ1) is 20.7. The molecule has 0 saturated heterocycles. The molecule has 26 heavy (non-hydrogen) atoms. The van der Waals surface area contributed by atoms with Crippen LogP contribution < -0.4 is 5.73 Å². The zero-order chi connectivity index (χ0) is 20.2. The molecule has 2 aromatic carbocycles. The minimum absolute atomic E-state index is 0.473. The van der Waals surface area contributed by atoms with Gasteiger partial charge >= 0.3 is 0 Å². The third-order valence-corrected chi connectivity index (χ3v) is 5.59. The standard InChI is InChI=1S/C24H35NO/c1-13-11-15(3)21(23(7,8)25)19(17(13)5)20-18(6)14(2)12-16(4)22(20)24(9,10)26/h11-12,26H,25H2,1-10H3. The number of hydrogen-bond acceptors (Lipinski definition) is 2. The van der Waals surface area contributed by atoms with Crippen LogP contribution >= 0.6 is 0 Å². The first-order valence-corrected chi connectivity index (χ1v) is 9.42. The van der Waals surface area contributed by atoms with Crippen LogP contribution in [0.3, 0.4) is 0 Å². The van der Waals surface area contributed by atoms with Crippen molar-refractivity contribution in [1.82, 2.24) is 0 Å². The lowest BCUT2D eigenvalue weighted by molar-refractivity contribution is 0.0784. The van der Waals surface area contributed by atoms with E-state index in [0.717, 1.165) is 16.7 Å². The molecule has 0 amide bonds. The molecule has 0 fully saturated rings. The van der Waals surface area contributed by atoms with E-state index in [2.05, 4.69) is 67.5 Å². The fourth-order valence-electron chi connectivity index (χ4n) is 4.42. The zero-order valence-electron chi connectivity index (χ0n) is 18.2. The molecule has 0 heterocycles. The van der Waals surface area contributed by atoms with Crippen LogP contribution in [0.2, 0.25) is 0 Å². The second kappa shape index (κ2) is 6.51. The Bertz CT molecular complexity index is 788. The van der Waals surface area contributed by atoms with Gasteiger partial charge in [-0.05, 0) is 125 Å². The van der Waals surface area contributed by atoms with Crippen molar-refractivity contribution >= 4 is 0 Å². The lowest BCUT2D eigenvalue weighted by Gasteiger charge is -2.33. The minimum Gasteiger partial charge on any atom is -0.386 e. The topological polar surface area (TPSA) is 46.2 Å². The van der Waals surface area contributed by atoms with Crippen molar-refractivity contribution < 1.29 is 5.11 Å². The Hall–Kier alpha value is -1.64. The van der Waals surface area contributed by atoms with Gasteiger partial charge in [0.25, 0.3) is 0 Å². The number of benzene rings is 2. The second-order valence-corrected chi connectivity index (χ2v) is 9.05. The van der Waals surface area contributed by atoms with Crippen LogP contribution in [0, 0.1) is 41.5 Å². The van der Waals surface area contributed by atoms with Crippen molar-refractivity contribution in [3.05, 3.63) is 56.6 Å². The fraction of sp³-hybridized carbons (Fsp3) is 0.500. The molecule has 0 aliphatic rings. The van der Waals surface area contributed by atoms with Gasteiger partial charge in [-0.3, -0.25) is 0 Å². The van der Waals surface area contributed by atoms with Gasteiger partial charge in [0, 0.05) is 5.54 Å². The van der Waals surface area contributed by atoms with Gasteiger partial charge in [0.05, 0.1) is 5.60 Å². The molecule has 0 radical (unpaired) electrons. The van der Waals surface area contributed by atoms with E-state index in [0.29, 0.717) is 0 Å². The molecule has 0 bridgehead atoms. The lowest BCUT2D eigenvalue weighted by atomic mass is 9.75. The van der Waals surface area contributed by atoms with E-state index in [1.807, 2.05) is 13.8 Å². The van der Waals surface area contributed by atoms with Gasteiger partial charge in [0.15, 0.2) is 0 Å². The number of rotatable bonds is 3. The lowest BCUT2D eigenvalue weighted by Crippen LogP contribution is -2.31. The van der Waals surface area contributed by atoms with Gasteiger partial charge in [0.1, 0.15) is 0 Å². The predicted molar refractivity (Wildman–Crippen MR) is 113 cm³/mol. The molecule has 0 aliphatic heterocycles. The van der Waals surface area contributed by atoms with Gasteiger partial charge in [0.2, 0.25) is 0 Å². The summed E-state index contributed by atoms with van der Waals surface area (Å²) in [6.45, 7) is 20.7. The smallest absolute Gasteiger partial charge is 0.0849 e. The van der Waals surface area contributed by atoms with Crippen LogP contribution in [-0.4, -0.2) is 5.11 Å². The quantitative estimate of drug-likeness (QED) is 0.751.